The minimum Gasteiger partial charge on any atom is -2.00 e. The summed E-state index contributed by atoms with van der Waals surface area (Å²) < 4.78 is 17.4. The van der Waals surface area contributed by atoms with Crippen LogP contribution in [0, 0.1) is 0 Å². The molecule has 0 fully saturated rings. The van der Waals surface area contributed by atoms with Crippen molar-refractivity contribution >= 4 is 232 Å². The molecule has 0 aromatic heterocycles. The van der Waals surface area contributed by atoms with E-state index in [2.05, 4.69) is 0 Å². The van der Waals surface area contributed by atoms with Crippen molar-refractivity contribution in [3.63, 3.8) is 0 Å². The van der Waals surface area contributed by atoms with Crippen LogP contribution < -0.4 is 0 Å². The van der Waals surface area contributed by atoms with Gasteiger partial charge in [-0.25, -0.2) is 0 Å². The summed E-state index contributed by atoms with van der Waals surface area (Å²) in [7, 11) is -5.74. The smallest absolute Gasteiger partial charge is 2.00 e. The molecule has 8 nitrogen and oxygen atoms in total. The van der Waals surface area contributed by atoms with Crippen molar-refractivity contribution in [3.05, 3.63) is 60.7 Å². The summed E-state index contributed by atoms with van der Waals surface area (Å²) in [5.41, 5.74) is 0. The minimum absolute atomic E-state index is 0. The molecular weight excluding hydrogens is 599 g/mol. The van der Waals surface area contributed by atoms with Crippen LogP contribution in [0.3, 0.4) is 0 Å². The van der Waals surface area contributed by atoms with Gasteiger partial charge in [-0.2, -0.15) is 0 Å². The Labute approximate surface area is 335 Å². The Morgan fingerprint density at radius 3 is 0.690 bits per heavy atom. The predicted octanol–water partition coefficient (Wildman–Crippen LogP) is 0.132. The Bertz CT molecular complexity index is 493. The van der Waals surface area contributed by atoms with Gasteiger partial charge in [0.1, 0.15) is 11.5 Å². The van der Waals surface area contributed by atoms with Crippen molar-refractivity contribution in [1.82, 2.24) is 0 Å². The van der Waals surface area contributed by atoms with Gasteiger partial charge >= 0.3 is 205 Å². The van der Waals surface area contributed by atoms with Crippen LogP contribution in [0.2, 0.25) is 0 Å². The van der Waals surface area contributed by atoms with E-state index in [1.165, 1.54) is 0 Å². The fraction of sp³-hybridized carbons (Fsp3) is 0. The minimum atomic E-state index is -2.87. The zero-order valence-corrected chi connectivity index (χ0v) is 30.0. The normalized spacial score (nSPS) is 5.93. The van der Waals surface area contributed by atoms with Gasteiger partial charge in [0.2, 0.25) is 0 Å². The van der Waals surface area contributed by atoms with Gasteiger partial charge < -0.3 is 37.2 Å². The molecule has 0 saturated carbocycles. The number of phenolic OH excluding ortho intramolecular Hbond substituents is 2. The van der Waals surface area contributed by atoms with E-state index in [1.807, 2.05) is 12.1 Å². The molecule has 0 aliphatic heterocycles. The molecule has 2 aromatic carbocycles. The maximum Gasteiger partial charge on any atom is 2.00 e. The van der Waals surface area contributed by atoms with E-state index in [-0.39, 0.29) is 216 Å². The first-order valence-corrected chi connectivity index (χ1v) is 7.76. The third kappa shape index (κ3) is 71.9. The van der Waals surface area contributed by atoms with E-state index >= 15 is 0 Å². The molecule has 0 aliphatic rings. The molecule has 0 heterocycles. The van der Waals surface area contributed by atoms with E-state index in [4.69, 9.17) is 38.9 Å². The van der Waals surface area contributed by atoms with Crippen molar-refractivity contribution in [2.75, 3.05) is 0 Å². The average molecular weight is 615 g/mol. The van der Waals surface area contributed by atoms with E-state index in [9.17, 15) is 0 Å². The predicted molar refractivity (Wildman–Crippen MR) is 124 cm³/mol. The Hall–Kier alpha value is 5.08. The third-order valence-corrected chi connectivity index (χ3v) is 1.51. The van der Waals surface area contributed by atoms with Crippen LogP contribution in [0.15, 0.2) is 60.7 Å². The second-order valence-electron chi connectivity index (χ2n) is 3.18. The molecule has 0 spiro atoms. The van der Waals surface area contributed by atoms with Gasteiger partial charge in [-0.15, -0.1) is 19.6 Å². The Morgan fingerprint density at radius 1 is 0.483 bits per heavy atom. The van der Waals surface area contributed by atoms with E-state index in [1.54, 1.807) is 48.5 Å². The number of rotatable bonds is 0. The van der Waals surface area contributed by atoms with Crippen LogP contribution >= 0.6 is 16.5 Å². The van der Waals surface area contributed by atoms with Gasteiger partial charge in [0.25, 0.3) is 0 Å². The van der Waals surface area contributed by atoms with Crippen molar-refractivity contribution in [2.45, 2.75) is 0 Å². The monoisotopic (exact) mass is 614 g/mol. The van der Waals surface area contributed by atoms with Crippen molar-refractivity contribution in [1.29, 1.82) is 0 Å². The molecule has 0 amide bonds. The molecule has 0 radical (unpaired) electrons. The maximum absolute atomic E-state index is 8.70. The summed E-state index contributed by atoms with van der Waals surface area (Å²) in [6.45, 7) is 0. The first-order valence-electron chi connectivity index (χ1n) is 5.43. The number of hydrogen-bond acceptors (Lipinski definition) is 4. The van der Waals surface area contributed by atoms with Crippen LogP contribution in [0.5, 0.6) is 11.5 Å². The molecule has 0 atom stereocenters. The van der Waals surface area contributed by atoms with E-state index in [0.29, 0.717) is 11.5 Å². The molecule has 6 N–H and O–H groups in total. The molecule has 0 unspecified atom stereocenters. The molecule has 29 heavy (non-hydrogen) atoms. The second kappa shape index (κ2) is 46.4. The molecule has 0 bridgehead atoms. The van der Waals surface area contributed by atoms with Crippen LogP contribution in [-0.2, 0) is 36.1 Å². The first-order chi connectivity index (χ1) is 10.3. The van der Waals surface area contributed by atoms with E-state index < -0.39 is 16.5 Å². The molecule has 17 heteroatoms. The van der Waals surface area contributed by atoms with Gasteiger partial charge in [-0.3, -0.25) is 0 Å². The topological polar surface area (TPSA) is 156 Å². The molecule has 0 aliphatic carbocycles. The van der Waals surface area contributed by atoms with Gasteiger partial charge in [0.05, 0.1) is 0 Å². The second-order valence-corrected chi connectivity index (χ2v) is 4.19. The Morgan fingerprint density at radius 2 is 0.621 bits per heavy atom. The summed E-state index contributed by atoms with van der Waals surface area (Å²) in [5, 5.41) is 17.3. The van der Waals surface area contributed by atoms with Crippen LogP contribution in [0.25, 0.3) is 0 Å². The Kier molecular flexibility index (Phi) is 94.9. The number of para-hydroxylation sites is 2. The summed E-state index contributed by atoms with van der Waals surface area (Å²) in [5.74, 6) is 0.644. The fourth-order valence-electron chi connectivity index (χ4n) is 0.856. The molecule has 2 aromatic rings. The van der Waals surface area contributed by atoms with Crippen LogP contribution in [0.4, 0.5) is 0 Å². The van der Waals surface area contributed by atoms with Crippen molar-refractivity contribution in [2.24, 2.45) is 0 Å². The van der Waals surface area contributed by atoms with Gasteiger partial charge in [0, 0.05) is 9.13 Å². The molecule has 136 valence electrons. The van der Waals surface area contributed by atoms with Crippen molar-refractivity contribution < 1.29 is 38.9 Å². The number of aromatic hydroxyl groups is 2. The standard InChI is InChI=1S/2C6H6O.5Ca.2HO3P.2S/c2*7-6-4-2-1-3-5-6;;;;;;2*1-4(2)3;;/h2*1-5,7H;;;;;;2*(H-,1,2,3);;/q;;5*+2;;;2*-2/p+2. The largest absolute Gasteiger partial charge is 2.00 e. The van der Waals surface area contributed by atoms with E-state index in [0.717, 1.165) is 0 Å². The summed E-state index contributed by atoms with van der Waals surface area (Å²) in [6, 6.07) is 17.4. The molecule has 0 saturated heterocycles. The number of benzene rings is 2. The first kappa shape index (κ1) is 59.3. The summed E-state index contributed by atoms with van der Waals surface area (Å²) in [4.78, 5) is 28.5. The molecule has 2 rings (SSSR count). The fourth-order valence-corrected chi connectivity index (χ4v) is 0.856. The quantitative estimate of drug-likeness (QED) is 0.181. The zero-order valence-electron chi connectivity index (χ0n) is 15.5. The maximum atomic E-state index is 8.70. The summed E-state index contributed by atoms with van der Waals surface area (Å²) in [6.07, 6.45) is 0. The van der Waals surface area contributed by atoms with Gasteiger partial charge in [0.15, 0.2) is 0 Å². The molecular formula is C12H16Ca5O8P2S2+8. The van der Waals surface area contributed by atoms with Gasteiger partial charge in [-0.05, 0) is 24.3 Å². The Balaban J connectivity index is -0.0000000250. The number of hydrogen-bond donors (Lipinski definition) is 6. The van der Waals surface area contributed by atoms with Gasteiger partial charge in [-0.1, -0.05) is 36.4 Å². The zero-order chi connectivity index (χ0) is 17.4. The van der Waals surface area contributed by atoms with Crippen LogP contribution in [0.1, 0.15) is 0 Å². The third-order valence-electron chi connectivity index (χ3n) is 1.51. The van der Waals surface area contributed by atoms with Crippen LogP contribution in [-0.4, -0.2) is 218 Å². The summed E-state index contributed by atoms with van der Waals surface area (Å²) >= 11 is 0. The number of phenols is 2. The SMILES string of the molecule is O=[P+](O)O.O=[P+](O)O.Oc1ccccc1.Oc1ccccc1.[Ca+2].[Ca+2].[Ca+2].[Ca+2].[Ca+2].[S-2].[S-2]. The average Bonchev–Trinajstić information content (AvgIpc) is 2.40. The van der Waals surface area contributed by atoms with Crippen molar-refractivity contribution in [3.8, 4) is 11.5 Å².